The summed E-state index contributed by atoms with van der Waals surface area (Å²) in [6.45, 7) is 4.36. The van der Waals surface area contributed by atoms with Crippen molar-refractivity contribution in [1.82, 2.24) is 4.90 Å². The Labute approximate surface area is 167 Å². The highest BCUT2D eigenvalue weighted by Gasteiger charge is 2.40. The molecule has 4 nitrogen and oxygen atoms in total. The van der Waals surface area contributed by atoms with Crippen LogP contribution in [0.25, 0.3) is 0 Å². The van der Waals surface area contributed by atoms with Crippen LogP contribution in [0.2, 0.25) is 0 Å². The first-order valence-corrected chi connectivity index (χ1v) is 10.5. The molecule has 2 aromatic rings. The predicted octanol–water partition coefficient (Wildman–Crippen LogP) is 4.87. The molecule has 0 radical (unpaired) electrons. The zero-order valence-corrected chi connectivity index (χ0v) is 16.7. The first kappa shape index (κ1) is 18.9. The van der Waals surface area contributed by atoms with E-state index in [2.05, 4.69) is 25.1 Å². The summed E-state index contributed by atoms with van der Waals surface area (Å²) in [5, 5.41) is 0. The summed E-state index contributed by atoms with van der Waals surface area (Å²) >= 11 is 0. The van der Waals surface area contributed by atoms with E-state index in [0.29, 0.717) is 0 Å². The summed E-state index contributed by atoms with van der Waals surface area (Å²) < 4.78 is 12.1. The third kappa shape index (κ3) is 4.01. The Morgan fingerprint density at radius 3 is 2.57 bits per heavy atom. The Balaban J connectivity index is 1.34. The molecule has 28 heavy (non-hydrogen) atoms. The summed E-state index contributed by atoms with van der Waals surface area (Å²) in [7, 11) is 0. The second kappa shape index (κ2) is 8.26. The number of benzene rings is 2. The fourth-order valence-corrected chi connectivity index (χ4v) is 4.14. The molecule has 4 heteroatoms. The molecule has 0 N–H and O–H groups in total. The minimum absolute atomic E-state index is 0.103. The third-order valence-corrected chi connectivity index (χ3v) is 5.98. The molecule has 1 saturated heterocycles. The number of likely N-dealkylation sites (tertiary alicyclic amines) is 1. The van der Waals surface area contributed by atoms with Crippen molar-refractivity contribution >= 4 is 5.91 Å². The van der Waals surface area contributed by atoms with E-state index < -0.39 is 0 Å². The summed E-state index contributed by atoms with van der Waals surface area (Å²) in [5.41, 5.74) is 1.92. The van der Waals surface area contributed by atoms with Gasteiger partial charge in [-0.25, -0.2) is 0 Å². The molecule has 0 aromatic heterocycles. The number of aryl methyl sites for hydroxylation is 1. The SMILES string of the molecule is CCCCOc1ccc(C(=O)N2CCC3(CCc4ccccc4O3)CC2)cc1. The zero-order valence-electron chi connectivity index (χ0n) is 16.7. The molecule has 0 aliphatic carbocycles. The third-order valence-electron chi connectivity index (χ3n) is 5.98. The van der Waals surface area contributed by atoms with Gasteiger partial charge in [0.2, 0.25) is 0 Å². The number of ether oxygens (including phenoxy) is 2. The summed E-state index contributed by atoms with van der Waals surface area (Å²) in [4.78, 5) is 14.8. The van der Waals surface area contributed by atoms with E-state index in [0.717, 1.165) is 75.3 Å². The Kier molecular flexibility index (Phi) is 5.56. The van der Waals surface area contributed by atoms with E-state index in [1.807, 2.05) is 35.2 Å². The number of rotatable bonds is 5. The number of amides is 1. The fourth-order valence-electron chi connectivity index (χ4n) is 4.14. The van der Waals surface area contributed by atoms with Gasteiger partial charge in [0.1, 0.15) is 17.1 Å². The van der Waals surface area contributed by atoms with Gasteiger partial charge in [-0.05, 0) is 55.2 Å². The van der Waals surface area contributed by atoms with Gasteiger partial charge in [0, 0.05) is 31.5 Å². The Morgan fingerprint density at radius 2 is 1.82 bits per heavy atom. The molecule has 1 spiro atoms. The molecule has 0 atom stereocenters. The fraction of sp³-hybridized carbons (Fsp3) is 0.458. The lowest BCUT2D eigenvalue weighted by Crippen LogP contribution is -2.51. The lowest BCUT2D eigenvalue weighted by Gasteiger charge is -2.44. The molecule has 4 rings (SSSR count). The van der Waals surface area contributed by atoms with Gasteiger partial charge in [-0.1, -0.05) is 31.5 Å². The first-order valence-electron chi connectivity index (χ1n) is 10.5. The Bertz CT molecular complexity index is 807. The lowest BCUT2D eigenvalue weighted by molar-refractivity contribution is -0.0106. The van der Waals surface area contributed by atoms with Crippen molar-refractivity contribution in [3.8, 4) is 11.5 Å². The minimum atomic E-state index is -0.109. The van der Waals surface area contributed by atoms with Crippen LogP contribution in [-0.2, 0) is 6.42 Å². The van der Waals surface area contributed by atoms with Crippen molar-refractivity contribution in [1.29, 1.82) is 0 Å². The molecule has 0 unspecified atom stereocenters. The molecule has 0 saturated carbocycles. The van der Waals surface area contributed by atoms with Crippen LogP contribution in [0.15, 0.2) is 48.5 Å². The minimum Gasteiger partial charge on any atom is -0.494 e. The molecule has 2 aliphatic rings. The van der Waals surface area contributed by atoms with Crippen LogP contribution in [0.5, 0.6) is 11.5 Å². The van der Waals surface area contributed by atoms with Gasteiger partial charge in [-0.15, -0.1) is 0 Å². The molecule has 148 valence electrons. The zero-order chi connectivity index (χ0) is 19.4. The van der Waals surface area contributed by atoms with Crippen LogP contribution in [0.1, 0.15) is 54.9 Å². The highest BCUT2D eigenvalue weighted by atomic mass is 16.5. The van der Waals surface area contributed by atoms with Crippen molar-refractivity contribution in [3.63, 3.8) is 0 Å². The number of unbranched alkanes of at least 4 members (excludes halogenated alkanes) is 1. The highest BCUT2D eigenvalue weighted by Crippen LogP contribution is 2.39. The number of para-hydroxylation sites is 1. The maximum Gasteiger partial charge on any atom is 0.253 e. The van der Waals surface area contributed by atoms with Gasteiger partial charge in [-0.3, -0.25) is 4.79 Å². The molecular weight excluding hydrogens is 350 g/mol. The van der Waals surface area contributed by atoms with Gasteiger partial charge >= 0.3 is 0 Å². The Hall–Kier alpha value is -2.49. The molecule has 1 fully saturated rings. The smallest absolute Gasteiger partial charge is 0.253 e. The number of nitrogens with zero attached hydrogens (tertiary/aromatic N) is 1. The number of hydrogen-bond acceptors (Lipinski definition) is 3. The molecule has 2 aromatic carbocycles. The topological polar surface area (TPSA) is 38.8 Å². The average molecular weight is 380 g/mol. The number of carbonyl (C=O) groups is 1. The van der Waals surface area contributed by atoms with E-state index in [9.17, 15) is 4.79 Å². The summed E-state index contributed by atoms with van der Waals surface area (Å²) in [5.74, 6) is 1.95. The van der Waals surface area contributed by atoms with Gasteiger partial charge < -0.3 is 14.4 Å². The number of fused-ring (bicyclic) bond motifs is 1. The molecule has 2 aliphatic heterocycles. The number of carbonyl (C=O) groups excluding carboxylic acids is 1. The van der Waals surface area contributed by atoms with E-state index >= 15 is 0 Å². The quantitative estimate of drug-likeness (QED) is 0.696. The van der Waals surface area contributed by atoms with E-state index in [1.54, 1.807) is 0 Å². The van der Waals surface area contributed by atoms with Crippen LogP contribution in [0.4, 0.5) is 0 Å². The predicted molar refractivity (Wildman–Crippen MR) is 110 cm³/mol. The maximum absolute atomic E-state index is 12.9. The van der Waals surface area contributed by atoms with E-state index in [4.69, 9.17) is 9.47 Å². The monoisotopic (exact) mass is 379 g/mol. The molecular formula is C24H29NO3. The van der Waals surface area contributed by atoms with Crippen LogP contribution >= 0.6 is 0 Å². The summed E-state index contributed by atoms with van der Waals surface area (Å²) in [6.07, 6.45) is 6.04. The molecule has 1 amide bonds. The van der Waals surface area contributed by atoms with Crippen LogP contribution in [0.3, 0.4) is 0 Å². The van der Waals surface area contributed by atoms with Crippen LogP contribution in [-0.4, -0.2) is 36.1 Å². The van der Waals surface area contributed by atoms with Crippen molar-refractivity contribution in [2.24, 2.45) is 0 Å². The normalized spacial score (nSPS) is 17.7. The van der Waals surface area contributed by atoms with Crippen molar-refractivity contribution in [2.45, 2.75) is 51.0 Å². The second-order valence-corrected chi connectivity index (χ2v) is 7.91. The maximum atomic E-state index is 12.9. The van der Waals surface area contributed by atoms with Crippen LogP contribution in [0, 0.1) is 0 Å². The van der Waals surface area contributed by atoms with Crippen LogP contribution < -0.4 is 9.47 Å². The molecule has 0 bridgehead atoms. The first-order chi connectivity index (χ1) is 13.7. The summed E-state index contributed by atoms with van der Waals surface area (Å²) in [6, 6.07) is 15.9. The van der Waals surface area contributed by atoms with E-state index in [-0.39, 0.29) is 11.5 Å². The van der Waals surface area contributed by atoms with Gasteiger partial charge in [0.15, 0.2) is 0 Å². The Morgan fingerprint density at radius 1 is 1.07 bits per heavy atom. The largest absolute Gasteiger partial charge is 0.494 e. The highest BCUT2D eigenvalue weighted by molar-refractivity contribution is 5.94. The van der Waals surface area contributed by atoms with Crippen molar-refractivity contribution in [3.05, 3.63) is 59.7 Å². The second-order valence-electron chi connectivity index (χ2n) is 7.91. The number of hydrogen-bond donors (Lipinski definition) is 0. The standard InChI is InChI=1S/C24H29NO3/c1-2-3-18-27-21-10-8-20(9-11-21)23(26)25-16-14-24(15-17-25)13-12-19-6-4-5-7-22(19)28-24/h4-11H,2-3,12-18H2,1H3. The van der Waals surface area contributed by atoms with Gasteiger partial charge in [0.05, 0.1) is 6.61 Å². The van der Waals surface area contributed by atoms with Gasteiger partial charge in [-0.2, -0.15) is 0 Å². The number of piperidine rings is 1. The van der Waals surface area contributed by atoms with Gasteiger partial charge in [0.25, 0.3) is 5.91 Å². The van der Waals surface area contributed by atoms with Crippen molar-refractivity contribution in [2.75, 3.05) is 19.7 Å². The lowest BCUT2D eigenvalue weighted by atomic mass is 9.83. The molecule has 2 heterocycles. The van der Waals surface area contributed by atoms with Crippen molar-refractivity contribution < 1.29 is 14.3 Å². The average Bonchev–Trinajstić information content (AvgIpc) is 2.74. The van der Waals surface area contributed by atoms with E-state index in [1.165, 1.54) is 5.56 Å².